The zero-order valence-electron chi connectivity index (χ0n) is 12.0. The molecule has 0 radical (unpaired) electrons. The fourth-order valence-electron chi connectivity index (χ4n) is 3.00. The molecule has 3 heterocycles. The Bertz CT molecular complexity index is 580. The number of aromatic nitrogens is 1. The van der Waals surface area contributed by atoms with Gasteiger partial charge in [0, 0.05) is 50.7 Å². The van der Waals surface area contributed by atoms with E-state index in [2.05, 4.69) is 9.88 Å². The predicted molar refractivity (Wildman–Crippen MR) is 78.2 cm³/mol. The molecular weight excluding hydrogens is 292 g/mol. The standard InChI is InChI=1S/C13H22N4O3S/c14-8-11-7-13(9-15-11)21(18,19)17-2-1-12(10-17)16-3-5-20-6-4-16/h7,9,12,15H,1-6,8,10,14H2. The van der Waals surface area contributed by atoms with Crippen molar-refractivity contribution in [2.75, 3.05) is 39.4 Å². The molecule has 0 bridgehead atoms. The first-order valence-electron chi connectivity index (χ1n) is 7.30. The van der Waals surface area contributed by atoms with Crippen LogP contribution >= 0.6 is 0 Å². The summed E-state index contributed by atoms with van der Waals surface area (Å²) in [5.41, 5.74) is 6.26. The molecule has 2 saturated heterocycles. The quantitative estimate of drug-likeness (QED) is 0.787. The lowest BCUT2D eigenvalue weighted by atomic mass is 10.2. The predicted octanol–water partition coefficient (Wildman–Crippen LogP) is -0.431. The lowest BCUT2D eigenvalue weighted by molar-refractivity contribution is 0.0197. The van der Waals surface area contributed by atoms with Crippen LogP contribution in [0, 0.1) is 0 Å². The van der Waals surface area contributed by atoms with Gasteiger partial charge in [-0.2, -0.15) is 4.31 Å². The molecule has 3 N–H and O–H groups in total. The lowest BCUT2D eigenvalue weighted by Crippen LogP contribution is -2.45. The van der Waals surface area contributed by atoms with Crippen LogP contribution in [0.15, 0.2) is 17.2 Å². The van der Waals surface area contributed by atoms with Gasteiger partial charge >= 0.3 is 0 Å². The average molecular weight is 314 g/mol. The summed E-state index contributed by atoms with van der Waals surface area (Å²) >= 11 is 0. The Kier molecular flexibility index (Phi) is 4.32. The molecular formula is C13H22N4O3S. The van der Waals surface area contributed by atoms with E-state index in [0.717, 1.165) is 38.4 Å². The van der Waals surface area contributed by atoms with Crippen molar-refractivity contribution in [2.24, 2.45) is 5.73 Å². The molecule has 8 heteroatoms. The topological polar surface area (TPSA) is 91.7 Å². The maximum absolute atomic E-state index is 12.6. The number of aromatic amines is 1. The molecule has 0 amide bonds. The Hall–Kier alpha value is -0.930. The Morgan fingerprint density at radius 2 is 2.10 bits per heavy atom. The molecule has 0 aliphatic carbocycles. The van der Waals surface area contributed by atoms with Gasteiger partial charge in [-0.1, -0.05) is 0 Å². The first kappa shape index (κ1) is 15.0. The average Bonchev–Trinajstić information content (AvgIpc) is 3.18. The molecule has 3 rings (SSSR count). The van der Waals surface area contributed by atoms with E-state index in [1.165, 1.54) is 6.20 Å². The summed E-state index contributed by atoms with van der Waals surface area (Å²) in [6.07, 6.45) is 2.41. The van der Waals surface area contributed by atoms with Crippen LogP contribution in [0.25, 0.3) is 0 Å². The van der Waals surface area contributed by atoms with Crippen LogP contribution in [-0.2, 0) is 21.3 Å². The summed E-state index contributed by atoms with van der Waals surface area (Å²) in [6, 6.07) is 1.92. The van der Waals surface area contributed by atoms with E-state index in [1.807, 2.05) is 0 Å². The minimum Gasteiger partial charge on any atom is -0.379 e. The fraction of sp³-hybridized carbons (Fsp3) is 0.692. The van der Waals surface area contributed by atoms with E-state index in [1.54, 1.807) is 10.4 Å². The monoisotopic (exact) mass is 314 g/mol. The van der Waals surface area contributed by atoms with Crippen LogP contribution < -0.4 is 5.73 Å². The first-order valence-corrected chi connectivity index (χ1v) is 8.74. The number of nitrogens with one attached hydrogen (secondary N) is 1. The van der Waals surface area contributed by atoms with Gasteiger partial charge in [-0.3, -0.25) is 4.90 Å². The Labute approximate surface area is 125 Å². The number of sulfonamides is 1. The second kappa shape index (κ2) is 6.05. The summed E-state index contributed by atoms with van der Waals surface area (Å²) in [4.78, 5) is 5.55. The van der Waals surface area contributed by atoms with Gasteiger partial charge in [-0.25, -0.2) is 8.42 Å². The molecule has 0 saturated carbocycles. The van der Waals surface area contributed by atoms with Gasteiger partial charge in [0.25, 0.3) is 0 Å². The Morgan fingerprint density at radius 3 is 2.76 bits per heavy atom. The smallest absolute Gasteiger partial charge is 0.244 e. The number of ether oxygens (including phenoxy) is 1. The molecule has 1 aromatic rings. The number of nitrogens with two attached hydrogens (primary N) is 1. The molecule has 1 atom stereocenters. The van der Waals surface area contributed by atoms with Crippen molar-refractivity contribution >= 4 is 10.0 Å². The molecule has 0 spiro atoms. The van der Waals surface area contributed by atoms with Crippen molar-refractivity contribution < 1.29 is 13.2 Å². The molecule has 2 fully saturated rings. The third-order valence-corrected chi connectivity index (χ3v) is 6.11. The number of morpholine rings is 1. The molecule has 0 aromatic carbocycles. The van der Waals surface area contributed by atoms with Gasteiger partial charge in [0.1, 0.15) is 0 Å². The molecule has 21 heavy (non-hydrogen) atoms. The largest absolute Gasteiger partial charge is 0.379 e. The highest BCUT2D eigenvalue weighted by Crippen LogP contribution is 2.24. The first-order chi connectivity index (χ1) is 10.1. The van der Waals surface area contributed by atoms with Crippen molar-refractivity contribution in [3.05, 3.63) is 18.0 Å². The van der Waals surface area contributed by atoms with E-state index in [0.29, 0.717) is 30.6 Å². The maximum Gasteiger partial charge on any atom is 0.244 e. The molecule has 118 valence electrons. The molecule has 1 unspecified atom stereocenters. The van der Waals surface area contributed by atoms with E-state index >= 15 is 0 Å². The van der Waals surface area contributed by atoms with Crippen LogP contribution in [0.3, 0.4) is 0 Å². The number of nitrogens with zero attached hydrogens (tertiary/aromatic N) is 2. The minimum absolute atomic E-state index is 0.302. The van der Waals surface area contributed by atoms with Crippen LogP contribution in [0.5, 0.6) is 0 Å². The van der Waals surface area contributed by atoms with Crippen molar-refractivity contribution in [1.29, 1.82) is 0 Å². The normalized spacial score (nSPS) is 25.5. The molecule has 2 aliphatic heterocycles. The number of hydrogen-bond acceptors (Lipinski definition) is 5. The zero-order chi connectivity index (χ0) is 14.9. The van der Waals surface area contributed by atoms with E-state index in [9.17, 15) is 8.42 Å². The van der Waals surface area contributed by atoms with E-state index in [4.69, 9.17) is 10.5 Å². The summed E-state index contributed by atoms with van der Waals surface area (Å²) < 4.78 is 32.2. The summed E-state index contributed by atoms with van der Waals surface area (Å²) in [7, 11) is -3.41. The second-order valence-corrected chi connectivity index (χ2v) is 7.46. The minimum atomic E-state index is -3.41. The highest BCUT2D eigenvalue weighted by Gasteiger charge is 2.35. The van der Waals surface area contributed by atoms with Crippen molar-refractivity contribution in [3.8, 4) is 0 Å². The van der Waals surface area contributed by atoms with Crippen LogP contribution in [0.4, 0.5) is 0 Å². The third kappa shape index (κ3) is 3.00. The van der Waals surface area contributed by atoms with Crippen molar-refractivity contribution in [1.82, 2.24) is 14.2 Å². The van der Waals surface area contributed by atoms with Crippen LogP contribution in [-0.4, -0.2) is 68.0 Å². The number of hydrogen-bond donors (Lipinski definition) is 2. The number of H-pyrrole nitrogens is 1. The Balaban J connectivity index is 1.69. The van der Waals surface area contributed by atoms with Crippen LogP contribution in [0.2, 0.25) is 0 Å². The summed E-state index contributed by atoms with van der Waals surface area (Å²) in [6.45, 7) is 4.70. The highest BCUT2D eigenvalue weighted by molar-refractivity contribution is 7.89. The highest BCUT2D eigenvalue weighted by atomic mass is 32.2. The van der Waals surface area contributed by atoms with E-state index < -0.39 is 10.0 Å². The van der Waals surface area contributed by atoms with Gasteiger partial charge in [-0.05, 0) is 12.5 Å². The fourth-order valence-corrected chi connectivity index (χ4v) is 4.52. The van der Waals surface area contributed by atoms with Gasteiger partial charge in [-0.15, -0.1) is 0 Å². The third-order valence-electron chi connectivity index (χ3n) is 4.26. The van der Waals surface area contributed by atoms with Crippen molar-refractivity contribution in [2.45, 2.75) is 23.9 Å². The second-order valence-electron chi connectivity index (χ2n) is 5.52. The SMILES string of the molecule is NCc1cc(S(=O)(=O)N2CCC(N3CCOCC3)C2)c[nH]1. The summed E-state index contributed by atoms with van der Waals surface area (Å²) in [5, 5.41) is 0. The maximum atomic E-state index is 12.6. The van der Waals surface area contributed by atoms with E-state index in [-0.39, 0.29) is 0 Å². The molecule has 1 aromatic heterocycles. The molecule has 2 aliphatic rings. The Morgan fingerprint density at radius 1 is 1.33 bits per heavy atom. The van der Waals surface area contributed by atoms with Gasteiger partial charge < -0.3 is 15.5 Å². The van der Waals surface area contributed by atoms with Crippen molar-refractivity contribution in [3.63, 3.8) is 0 Å². The zero-order valence-corrected chi connectivity index (χ0v) is 12.8. The van der Waals surface area contributed by atoms with Gasteiger partial charge in [0.2, 0.25) is 10.0 Å². The summed E-state index contributed by atoms with van der Waals surface area (Å²) in [5.74, 6) is 0. The van der Waals surface area contributed by atoms with Gasteiger partial charge in [0.05, 0.1) is 18.1 Å². The van der Waals surface area contributed by atoms with Crippen LogP contribution in [0.1, 0.15) is 12.1 Å². The number of rotatable bonds is 4. The lowest BCUT2D eigenvalue weighted by Gasteiger charge is -2.32. The van der Waals surface area contributed by atoms with Gasteiger partial charge in [0.15, 0.2) is 0 Å². The molecule has 7 nitrogen and oxygen atoms in total.